The van der Waals surface area contributed by atoms with Gasteiger partial charge in [0.15, 0.2) is 42.2 Å². The third-order valence-corrected chi connectivity index (χ3v) is 11.8. The van der Waals surface area contributed by atoms with Crippen molar-refractivity contribution in [1.82, 2.24) is 29.9 Å². The smallest absolute Gasteiger partial charge is 0.237 e. The Morgan fingerprint density at radius 3 is 1.36 bits per heavy atom. The number of aliphatic hydroxyl groups excluding tert-OH is 3. The van der Waals surface area contributed by atoms with Crippen molar-refractivity contribution < 1.29 is 65.3 Å². The van der Waals surface area contributed by atoms with E-state index in [0.717, 1.165) is 36.2 Å². The van der Waals surface area contributed by atoms with Crippen LogP contribution in [0.3, 0.4) is 0 Å². The summed E-state index contributed by atoms with van der Waals surface area (Å²) in [6.07, 6.45) is 3.44. The van der Waals surface area contributed by atoms with E-state index in [0.29, 0.717) is 64.0 Å². The molecule has 22 nitrogen and oxygen atoms in total. The summed E-state index contributed by atoms with van der Waals surface area (Å²) in [4.78, 5) is 30.5. The van der Waals surface area contributed by atoms with Gasteiger partial charge in [0.2, 0.25) is 23.6 Å². The van der Waals surface area contributed by atoms with E-state index in [-0.39, 0.29) is 34.5 Å². The van der Waals surface area contributed by atoms with Crippen LogP contribution in [0, 0.1) is 0 Å². The van der Waals surface area contributed by atoms with Gasteiger partial charge in [-0.2, -0.15) is 0 Å². The molecule has 2 aliphatic heterocycles. The largest absolute Gasteiger partial charge is 0.488 e. The fourth-order valence-corrected chi connectivity index (χ4v) is 7.42. The fraction of sp³-hybridized carbons (Fsp3) is 0.333. The van der Waals surface area contributed by atoms with Gasteiger partial charge in [0.25, 0.3) is 0 Å². The average Bonchev–Trinajstić information content (AvgIpc) is 4.12. The van der Waals surface area contributed by atoms with E-state index in [1.54, 1.807) is 70.3 Å². The number of rotatable bonds is 17. The molecule has 4 aromatic heterocycles. The summed E-state index contributed by atoms with van der Waals surface area (Å²) in [5.74, 6) is 2.57. The normalized spacial score (nSPS) is 18.7. The molecule has 69 heavy (non-hydrogen) atoms. The molecule has 2 aromatic carbocycles. The van der Waals surface area contributed by atoms with Gasteiger partial charge >= 0.3 is 0 Å². The first kappa shape index (κ1) is 49.9. The fourth-order valence-electron chi connectivity index (χ4n) is 6.45. The zero-order chi connectivity index (χ0) is 49.6. The lowest BCUT2D eigenvalue weighted by Gasteiger charge is -2.16. The molecule has 0 bridgehead atoms. The molecule has 0 saturated carbocycles. The standard InChI is InChI=1S/C23H26N4O7S.C22H24N4O7S/c1-13(12-31-3)32-16-7-15(18-5-6-19(26-18)23-27-22(28)14(2)33-23)8-17(9-16)34-20-10-25-21(11-24-20)35(4,29)30;1-12(11-27)31-15-6-14(17-4-5-18(25-17)22-26-21(28)13(2)32-22)7-16(8-15)33-19-9-24-20(10-23-19)34(3,29)30/h5-11,13-14,22,26,28H,12H2,1-4H3;4-10,12-13,21,25,27-28H,11H2,1-3H3/t13-,14-,22?;12-,13-,21?/m00/s1. The Labute approximate surface area is 396 Å². The quantitative estimate of drug-likeness (QED) is 0.0842. The second-order valence-electron chi connectivity index (χ2n) is 15.9. The van der Waals surface area contributed by atoms with E-state index in [4.69, 9.17) is 33.2 Å². The van der Waals surface area contributed by atoms with Crippen molar-refractivity contribution >= 4 is 31.5 Å². The van der Waals surface area contributed by atoms with Crippen molar-refractivity contribution in [3.63, 3.8) is 0 Å². The van der Waals surface area contributed by atoms with Crippen LogP contribution in [-0.4, -0.2) is 144 Å². The molecular formula is C45H50N8O14S2. The molecule has 0 radical (unpaired) electrons. The summed E-state index contributed by atoms with van der Waals surface area (Å²) in [6, 6.07) is 17.6. The highest BCUT2D eigenvalue weighted by atomic mass is 32.2. The van der Waals surface area contributed by atoms with Gasteiger partial charge in [-0.1, -0.05) is 0 Å². The Hall–Kier alpha value is -6.96. The summed E-state index contributed by atoms with van der Waals surface area (Å²) in [5.41, 5.74) is 4.07. The summed E-state index contributed by atoms with van der Waals surface area (Å²) in [5, 5.41) is 28.7. The molecule has 0 fully saturated rings. The number of ether oxygens (including phenoxy) is 7. The van der Waals surface area contributed by atoms with Gasteiger partial charge in [-0.3, -0.25) is 0 Å². The summed E-state index contributed by atoms with van der Waals surface area (Å²) in [7, 11) is -5.36. The number of methoxy groups -OCH3 is 1. The van der Waals surface area contributed by atoms with Crippen molar-refractivity contribution in [2.75, 3.05) is 32.8 Å². The van der Waals surface area contributed by atoms with Crippen molar-refractivity contribution in [1.29, 1.82) is 0 Å². The highest BCUT2D eigenvalue weighted by molar-refractivity contribution is 7.90. The topological polar surface area (TPSA) is 301 Å². The summed E-state index contributed by atoms with van der Waals surface area (Å²) >= 11 is 0. The van der Waals surface area contributed by atoms with Crippen LogP contribution >= 0.6 is 0 Å². The molecular weight excluding hydrogens is 941 g/mol. The Kier molecular flexibility index (Phi) is 15.3. The lowest BCUT2D eigenvalue weighted by Crippen LogP contribution is -2.18. The number of hydrogen-bond acceptors (Lipinski definition) is 20. The molecule has 0 spiro atoms. The van der Waals surface area contributed by atoms with Crippen LogP contribution in [-0.2, 0) is 33.9 Å². The van der Waals surface area contributed by atoms with Crippen LogP contribution in [0.1, 0.15) is 39.1 Å². The number of aromatic amines is 2. The predicted octanol–water partition coefficient (Wildman–Crippen LogP) is 4.48. The van der Waals surface area contributed by atoms with Crippen LogP contribution in [0.25, 0.3) is 22.5 Å². The van der Waals surface area contributed by atoms with E-state index < -0.39 is 50.4 Å². The summed E-state index contributed by atoms with van der Waals surface area (Å²) in [6.45, 7) is 7.27. The molecule has 24 heteroatoms. The molecule has 2 unspecified atom stereocenters. The van der Waals surface area contributed by atoms with E-state index >= 15 is 0 Å². The number of sulfone groups is 2. The SMILES string of the molecule is COC[C@H](C)Oc1cc(Oc2cnc(S(C)(=O)=O)cn2)cc(-c2ccc(C3=NC(O)[C@H](C)O3)[nH]2)c1.C[C@@H]1OC(c2ccc(-c3cc(Oc4cnc(S(C)(=O)=O)cn4)cc(O[C@@H](C)CO)c3)[nH]2)=NC1O. The zero-order valence-corrected chi connectivity index (χ0v) is 39.9. The van der Waals surface area contributed by atoms with Crippen LogP contribution in [0.15, 0.2) is 105 Å². The maximum Gasteiger partial charge on any atom is 0.237 e. The molecule has 0 aliphatic carbocycles. The monoisotopic (exact) mass is 990 g/mol. The number of nitrogens with zero attached hydrogens (tertiary/aromatic N) is 6. The maximum atomic E-state index is 11.6. The second-order valence-corrected chi connectivity index (χ2v) is 19.9. The maximum absolute atomic E-state index is 11.6. The molecule has 2 aliphatic rings. The lowest BCUT2D eigenvalue weighted by molar-refractivity contribution is 0.0768. The first-order valence-electron chi connectivity index (χ1n) is 21.1. The molecule has 8 rings (SSSR count). The number of H-pyrrole nitrogens is 2. The first-order chi connectivity index (χ1) is 32.7. The number of hydrogen-bond donors (Lipinski definition) is 5. The molecule has 5 N–H and O–H groups in total. The van der Waals surface area contributed by atoms with Gasteiger partial charge in [-0.15, -0.1) is 0 Å². The van der Waals surface area contributed by atoms with Crippen LogP contribution in [0.5, 0.6) is 34.8 Å². The third-order valence-electron chi connectivity index (χ3n) is 9.90. The van der Waals surface area contributed by atoms with Gasteiger partial charge in [0.05, 0.1) is 38.0 Å². The van der Waals surface area contributed by atoms with Crippen LogP contribution < -0.4 is 18.9 Å². The van der Waals surface area contributed by atoms with Crippen LogP contribution in [0.2, 0.25) is 0 Å². The van der Waals surface area contributed by atoms with E-state index in [1.807, 2.05) is 25.1 Å². The van der Waals surface area contributed by atoms with Gasteiger partial charge in [-0.25, -0.2) is 46.8 Å². The highest BCUT2D eigenvalue weighted by Gasteiger charge is 2.28. The van der Waals surface area contributed by atoms with Crippen LogP contribution in [0.4, 0.5) is 0 Å². The Morgan fingerprint density at radius 1 is 0.609 bits per heavy atom. The lowest BCUT2D eigenvalue weighted by atomic mass is 10.1. The molecule has 6 heterocycles. The Bertz CT molecular complexity index is 3040. The Morgan fingerprint density at radius 2 is 1.01 bits per heavy atom. The summed E-state index contributed by atoms with van der Waals surface area (Å²) < 4.78 is 86.2. The van der Waals surface area contributed by atoms with Crippen molar-refractivity contribution in [3.05, 3.63) is 96.8 Å². The molecule has 366 valence electrons. The number of nitrogens with one attached hydrogen (secondary N) is 2. The first-order valence-corrected chi connectivity index (χ1v) is 24.9. The predicted molar refractivity (Wildman–Crippen MR) is 248 cm³/mol. The average molecular weight is 991 g/mol. The third kappa shape index (κ3) is 13.0. The minimum absolute atomic E-state index is 0.0922. The van der Waals surface area contributed by atoms with Gasteiger partial charge in [0.1, 0.15) is 58.8 Å². The number of aliphatic imine (C=N–C) groups is 2. The second kappa shape index (κ2) is 21.1. The van der Waals surface area contributed by atoms with E-state index in [2.05, 4.69) is 39.9 Å². The minimum Gasteiger partial charge on any atom is -0.488 e. The molecule has 0 saturated heterocycles. The van der Waals surface area contributed by atoms with Gasteiger partial charge in [0, 0.05) is 54.3 Å². The Balaban J connectivity index is 0.000000204. The van der Waals surface area contributed by atoms with Crippen molar-refractivity contribution in [2.24, 2.45) is 9.98 Å². The van der Waals surface area contributed by atoms with Gasteiger partial charge in [-0.05, 0) is 76.2 Å². The van der Waals surface area contributed by atoms with E-state index in [9.17, 15) is 32.2 Å². The molecule has 6 atom stereocenters. The van der Waals surface area contributed by atoms with E-state index in [1.165, 1.54) is 12.4 Å². The van der Waals surface area contributed by atoms with Crippen molar-refractivity contribution in [3.8, 4) is 57.3 Å². The number of benzene rings is 2. The van der Waals surface area contributed by atoms with Gasteiger partial charge < -0.3 is 58.4 Å². The number of aliphatic hydroxyl groups is 3. The zero-order valence-electron chi connectivity index (χ0n) is 38.3. The highest BCUT2D eigenvalue weighted by Crippen LogP contribution is 2.35. The molecule has 0 amide bonds. The number of aromatic nitrogens is 6. The van der Waals surface area contributed by atoms with Crippen molar-refractivity contribution in [2.45, 2.75) is 74.6 Å². The molecule has 6 aromatic rings. The minimum atomic E-state index is -3.48.